The molecule has 6 N–H and O–H groups in total. The lowest BCUT2D eigenvalue weighted by atomic mass is 10.2. The number of nitrogens with two attached hydrogens (primary N) is 1. The van der Waals surface area contributed by atoms with E-state index in [1.165, 1.54) is 12.7 Å². The van der Waals surface area contributed by atoms with Crippen molar-refractivity contribution in [3.05, 3.63) is 12.7 Å². The standard InChI is InChI=1S/C10H16N5O11P3/c11-9-8-10(13-4-12-9)15(5-14-8)7-2-1-6(24-7)3-23-28(19,20)26-29(21,22)25-27(16,17)18/h4-7H,1-3H2,(H,19,20)(H,21,22)(H2,11,12,13)(H2,16,17,18). The van der Waals surface area contributed by atoms with Crippen molar-refractivity contribution in [2.75, 3.05) is 12.3 Å². The van der Waals surface area contributed by atoms with Crippen LogP contribution in [0.3, 0.4) is 0 Å². The molecule has 0 aromatic carbocycles. The van der Waals surface area contributed by atoms with Crippen molar-refractivity contribution in [1.29, 1.82) is 0 Å². The average Bonchev–Trinajstić information content (AvgIpc) is 3.16. The van der Waals surface area contributed by atoms with Crippen LogP contribution < -0.4 is 5.73 Å². The van der Waals surface area contributed by atoms with Gasteiger partial charge in [-0.3, -0.25) is 9.09 Å². The molecule has 1 fully saturated rings. The molecular weight excluding hydrogens is 459 g/mol. The maximum absolute atomic E-state index is 11.7. The van der Waals surface area contributed by atoms with Gasteiger partial charge in [0, 0.05) is 0 Å². The number of aromatic nitrogens is 4. The Bertz CT molecular complexity index is 1040. The summed E-state index contributed by atoms with van der Waals surface area (Å²) in [6, 6.07) is 0. The monoisotopic (exact) mass is 475 g/mol. The predicted octanol–water partition coefficient (Wildman–Crippen LogP) is 0.429. The van der Waals surface area contributed by atoms with Crippen LogP contribution in [-0.2, 0) is 31.6 Å². The van der Waals surface area contributed by atoms with Gasteiger partial charge in [-0.25, -0.2) is 28.6 Å². The Morgan fingerprint density at radius 2 is 1.83 bits per heavy atom. The van der Waals surface area contributed by atoms with E-state index in [1.807, 2.05) is 0 Å². The van der Waals surface area contributed by atoms with E-state index in [4.69, 9.17) is 25.2 Å². The highest BCUT2D eigenvalue weighted by Gasteiger charge is 2.41. The lowest BCUT2D eigenvalue weighted by Crippen LogP contribution is -2.16. The SMILES string of the molecule is Nc1ncnc2c1ncn2C1CCC(COP(=O)(O)OP(=O)(O)OP(=O)(O)O)O1. The van der Waals surface area contributed by atoms with Crippen LogP contribution in [0, 0.1) is 0 Å². The van der Waals surface area contributed by atoms with Crippen LogP contribution in [-0.4, -0.2) is 51.8 Å². The third-order valence-corrected chi connectivity index (χ3v) is 7.42. The van der Waals surface area contributed by atoms with Gasteiger partial charge < -0.3 is 30.0 Å². The number of fused-ring (bicyclic) bond motifs is 1. The Morgan fingerprint density at radius 1 is 1.10 bits per heavy atom. The fourth-order valence-corrected chi connectivity index (χ4v) is 5.62. The molecule has 19 heteroatoms. The fourth-order valence-electron chi connectivity index (χ4n) is 2.58. The van der Waals surface area contributed by atoms with Gasteiger partial charge in [-0.1, -0.05) is 0 Å². The number of hydrogen-bond donors (Lipinski definition) is 5. The maximum Gasteiger partial charge on any atom is 0.490 e. The third kappa shape index (κ3) is 5.87. The van der Waals surface area contributed by atoms with E-state index in [2.05, 4.69) is 28.1 Å². The van der Waals surface area contributed by atoms with Crippen LogP contribution in [0.15, 0.2) is 12.7 Å². The summed E-state index contributed by atoms with van der Waals surface area (Å²) in [7, 11) is -16.2. The second-order valence-electron chi connectivity index (χ2n) is 5.76. The lowest BCUT2D eigenvalue weighted by Gasteiger charge is -2.18. The quantitative estimate of drug-likeness (QED) is 0.325. The normalized spacial score (nSPS) is 24.4. The van der Waals surface area contributed by atoms with E-state index in [0.717, 1.165) is 0 Å². The number of ether oxygens (including phenoxy) is 1. The van der Waals surface area contributed by atoms with E-state index in [0.29, 0.717) is 24.0 Å². The number of phosphoric ester groups is 1. The molecule has 3 heterocycles. The van der Waals surface area contributed by atoms with Crippen molar-refractivity contribution in [2.24, 2.45) is 0 Å². The average molecular weight is 475 g/mol. The molecule has 0 spiro atoms. The molecule has 4 atom stereocenters. The molecule has 1 aliphatic heterocycles. The summed E-state index contributed by atoms with van der Waals surface area (Å²) in [6.45, 7) is -0.524. The zero-order valence-electron chi connectivity index (χ0n) is 14.3. The molecular formula is C10H16N5O11P3. The van der Waals surface area contributed by atoms with Crippen LogP contribution in [0.4, 0.5) is 5.82 Å². The molecule has 0 aliphatic carbocycles. The molecule has 4 unspecified atom stereocenters. The minimum Gasteiger partial charge on any atom is -0.382 e. The van der Waals surface area contributed by atoms with Crippen LogP contribution in [0.2, 0.25) is 0 Å². The molecule has 0 radical (unpaired) electrons. The molecule has 1 saturated heterocycles. The smallest absolute Gasteiger partial charge is 0.382 e. The minimum absolute atomic E-state index is 0.191. The van der Waals surface area contributed by atoms with Gasteiger partial charge in [-0.05, 0) is 12.8 Å². The predicted molar refractivity (Wildman–Crippen MR) is 92.7 cm³/mol. The van der Waals surface area contributed by atoms with Gasteiger partial charge in [-0.2, -0.15) is 8.62 Å². The van der Waals surface area contributed by atoms with Crippen molar-refractivity contribution in [3.63, 3.8) is 0 Å². The van der Waals surface area contributed by atoms with Gasteiger partial charge in [0.25, 0.3) is 0 Å². The number of imidazole rings is 1. The minimum atomic E-state index is -5.56. The summed E-state index contributed by atoms with van der Waals surface area (Å²) in [5.74, 6) is 0.191. The molecule has 162 valence electrons. The van der Waals surface area contributed by atoms with Crippen molar-refractivity contribution in [2.45, 2.75) is 25.2 Å². The van der Waals surface area contributed by atoms with Crippen molar-refractivity contribution in [3.8, 4) is 0 Å². The molecule has 1 aliphatic rings. The second kappa shape index (κ2) is 8.10. The molecule has 29 heavy (non-hydrogen) atoms. The van der Waals surface area contributed by atoms with Gasteiger partial charge in [0.1, 0.15) is 18.1 Å². The number of hydrogen-bond acceptors (Lipinski definition) is 11. The van der Waals surface area contributed by atoms with Crippen LogP contribution in [0.1, 0.15) is 19.1 Å². The highest BCUT2D eigenvalue weighted by Crippen LogP contribution is 2.66. The molecule has 0 saturated carbocycles. The number of phosphoric acid groups is 3. The lowest BCUT2D eigenvalue weighted by molar-refractivity contribution is -0.0205. The number of rotatable bonds is 8. The molecule has 16 nitrogen and oxygen atoms in total. The summed E-state index contributed by atoms with van der Waals surface area (Å²) < 4.78 is 52.7. The van der Waals surface area contributed by atoms with Gasteiger partial charge in [-0.15, -0.1) is 0 Å². The first-order valence-electron chi connectivity index (χ1n) is 7.72. The van der Waals surface area contributed by atoms with E-state index < -0.39 is 42.4 Å². The first-order chi connectivity index (χ1) is 13.4. The zero-order chi connectivity index (χ0) is 21.4. The Kier molecular flexibility index (Phi) is 6.26. The zero-order valence-corrected chi connectivity index (χ0v) is 17.0. The summed E-state index contributed by atoms with van der Waals surface area (Å²) in [5.41, 5.74) is 6.53. The highest BCUT2D eigenvalue weighted by molar-refractivity contribution is 7.66. The van der Waals surface area contributed by atoms with E-state index in [-0.39, 0.29) is 5.82 Å². The van der Waals surface area contributed by atoms with Gasteiger partial charge in [0.05, 0.1) is 19.0 Å². The van der Waals surface area contributed by atoms with Crippen LogP contribution >= 0.6 is 23.5 Å². The van der Waals surface area contributed by atoms with Crippen molar-refractivity contribution >= 4 is 40.4 Å². The first kappa shape index (κ1) is 22.4. The van der Waals surface area contributed by atoms with Crippen molar-refractivity contribution < 1.29 is 51.2 Å². The number of nitrogen functional groups attached to an aromatic ring is 1. The summed E-state index contributed by atoms with van der Waals surface area (Å²) in [6.07, 6.45) is 2.30. The second-order valence-corrected chi connectivity index (χ2v) is 10.2. The van der Waals surface area contributed by atoms with E-state index >= 15 is 0 Å². The summed E-state index contributed by atoms with van der Waals surface area (Å²) >= 11 is 0. The number of nitrogens with zero attached hydrogens (tertiary/aromatic N) is 4. The van der Waals surface area contributed by atoms with Crippen LogP contribution in [0.25, 0.3) is 11.2 Å². The van der Waals surface area contributed by atoms with Gasteiger partial charge >= 0.3 is 23.5 Å². The van der Waals surface area contributed by atoms with Gasteiger partial charge in [0.2, 0.25) is 0 Å². The Balaban J connectivity index is 1.58. The Labute approximate surface area is 162 Å². The fraction of sp³-hybridized carbons (Fsp3) is 0.500. The van der Waals surface area contributed by atoms with Crippen molar-refractivity contribution in [1.82, 2.24) is 19.5 Å². The molecule has 2 aromatic rings. The molecule has 0 amide bonds. The third-order valence-electron chi connectivity index (χ3n) is 3.62. The van der Waals surface area contributed by atoms with Gasteiger partial charge in [0.15, 0.2) is 11.5 Å². The van der Waals surface area contributed by atoms with E-state index in [9.17, 15) is 18.6 Å². The molecule has 2 aromatic heterocycles. The summed E-state index contributed by atoms with van der Waals surface area (Å²) in [5, 5.41) is 0. The number of anilines is 1. The van der Waals surface area contributed by atoms with E-state index in [1.54, 1.807) is 4.57 Å². The maximum atomic E-state index is 11.7. The summed E-state index contributed by atoms with van der Waals surface area (Å²) in [4.78, 5) is 47.6. The Hall–Kier alpha value is -1.28. The molecule has 0 bridgehead atoms. The molecule has 3 rings (SSSR count). The topological polar surface area (TPSA) is 239 Å². The first-order valence-corrected chi connectivity index (χ1v) is 12.2. The van der Waals surface area contributed by atoms with Crippen LogP contribution in [0.5, 0.6) is 0 Å². The Morgan fingerprint density at radius 3 is 2.52 bits per heavy atom. The largest absolute Gasteiger partial charge is 0.490 e. The highest BCUT2D eigenvalue weighted by atomic mass is 31.3.